The van der Waals surface area contributed by atoms with Crippen LogP contribution in [-0.2, 0) is 6.54 Å². The van der Waals surface area contributed by atoms with E-state index < -0.39 is 5.97 Å². The van der Waals surface area contributed by atoms with Crippen LogP contribution >= 0.6 is 11.3 Å². The molecule has 3 rings (SSSR count). The van der Waals surface area contributed by atoms with Crippen LogP contribution in [0.2, 0.25) is 0 Å². The molecule has 3 aromatic rings. The van der Waals surface area contributed by atoms with Gasteiger partial charge in [0, 0.05) is 0 Å². The van der Waals surface area contributed by atoms with Crippen LogP contribution in [-0.4, -0.2) is 31.1 Å². The standard InChI is InChI=1S/C14H14N4O2S/c1-8(2)13-12(14(19)20)16-17-18(13)7-11-15-9-5-3-4-6-10(9)21-11/h3-6,8H,7H2,1-2H3,(H,19,20). The summed E-state index contributed by atoms with van der Waals surface area (Å²) in [7, 11) is 0. The first-order valence-electron chi connectivity index (χ1n) is 6.57. The lowest BCUT2D eigenvalue weighted by atomic mass is 10.1. The van der Waals surface area contributed by atoms with Crippen LogP contribution in [0.4, 0.5) is 0 Å². The highest BCUT2D eigenvalue weighted by atomic mass is 32.1. The molecular weight excluding hydrogens is 288 g/mol. The Morgan fingerprint density at radius 2 is 2.14 bits per heavy atom. The number of hydrogen-bond donors (Lipinski definition) is 1. The van der Waals surface area contributed by atoms with Crippen LogP contribution < -0.4 is 0 Å². The molecule has 0 saturated carbocycles. The number of carboxylic acids is 1. The molecule has 6 nitrogen and oxygen atoms in total. The lowest BCUT2D eigenvalue weighted by Crippen LogP contribution is -2.10. The number of benzene rings is 1. The van der Waals surface area contributed by atoms with E-state index in [2.05, 4.69) is 15.3 Å². The lowest BCUT2D eigenvalue weighted by Gasteiger charge is -2.08. The number of aromatic carboxylic acids is 1. The Morgan fingerprint density at radius 1 is 1.38 bits per heavy atom. The molecule has 7 heteroatoms. The molecule has 0 fully saturated rings. The predicted molar refractivity (Wildman–Crippen MR) is 79.8 cm³/mol. The third-order valence-electron chi connectivity index (χ3n) is 3.15. The highest BCUT2D eigenvalue weighted by molar-refractivity contribution is 7.18. The van der Waals surface area contributed by atoms with Crippen LogP contribution in [0.25, 0.3) is 10.2 Å². The number of thiazole rings is 1. The summed E-state index contributed by atoms with van der Waals surface area (Å²) in [5.41, 5.74) is 1.59. The second kappa shape index (κ2) is 5.25. The lowest BCUT2D eigenvalue weighted by molar-refractivity contribution is 0.0688. The van der Waals surface area contributed by atoms with Gasteiger partial charge in [0.05, 0.1) is 22.5 Å². The van der Waals surface area contributed by atoms with E-state index in [9.17, 15) is 9.90 Å². The molecule has 0 amide bonds. The van der Waals surface area contributed by atoms with Gasteiger partial charge in [0.25, 0.3) is 0 Å². The molecule has 0 spiro atoms. The first-order valence-corrected chi connectivity index (χ1v) is 7.39. The summed E-state index contributed by atoms with van der Waals surface area (Å²) in [5, 5.41) is 17.8. The van der Waals surface area contributed by atoms with Crippen LogP contribution in [0.1, 0.15) is 41.0 Å². The average Bonchev–Trinajstić information content (AvgIpc) is 3.01. The van der Waals surface area contributed by atoms with E-state index in [1.807, 2.05) is 38.1 Å². The summed E-state index contributed by atoms with van der Waals surface area (Å²) < 4.78 is 2.74. The molecule has 2 heterocycles. The number of carbonyl (C=O) groups is 1. The first-order chi connectivity index (χ1) is 10.1. The smallest absolute Gasteiger partial charge is 0.358 e. The maximum absolute atomic E-state index is 11.2. The van der Waals surface area contributed by atoms with Gasteiger partial charge in [-0.15, -0.1) is 16.4 Å². The van der Waals surface area contributed by atoms with Gasteiger partial charge >= 0.3 is 5.97 Å². The SMILES string of the molecule is CC(C)c1c(C(=O)O)nnn1Cc1nc2ccccc2s1. The van der Waals surface area contributed by atoms with Gasteiger partial charge in [0.1, 0.15) is 5.01 Å². The molecule has 1 N–H and O–H groups in total. The quantitative estimate of drug-likeness (QED) is 0.801. The Bertz CT molecular complexity index is 773. The van der Waals surface area contributed by atoms with Gasteiger partial charge in [-0.2, -0.15) is 0 Å². The maximum Gasteiger partial charge on any atom is 0.358 e. The molecule has 0 atom stereocenters. The van der Waals surface area contributed by atoms with Crippen molar-refractivity contribution in [3.05, 3.63) is 40.7 Å². The van der Waals surface area contributed by atoms with E-state index in [0.717, 1.165) is 15.2 Å². The van der Waals surface area contributed by atoms with E-state index in [1.54, 1.807) is 16.0 Å². The number of nitrogens with zero attached hydrogens (tertiary/aromatic N) is 4. The van der Waals surface area contributed by atoms with Crippen molar-refractivity contribution in [2.45, 2.75) is 26.3 Å². The van der Waals surface area contributed by atoms with E-state index >= 15 is 0 Å². The molecule has 1 aromatic carbocycles. The Morgan fingerprint density at radius 3 is 2.81 bits per heavy atom. The Labute approximate surface area is 125 Å². The molecule has 0 unspecified atom stereocenters. The summed E-state index contributed by atoms with van der Waals surface area (Å²) in [6.07, 6.45) is 0. The van der Waals surface area contributed by atoms with Gasteiger partial charge in [0.2, 0.25) is 0 Å². The van der Waals surface area contributed by atoms with Crippen molar-refractivity contribution < 1.29 is 9.90 Å². The monoisotopic (exact) mass is 302 g/mol. The van der Waals surface area contributed by atoms with Gasteiger partial charge in [-0.05, 0) is 18.1 Å². The molecule has 108 valence electrons. The minimum atomic E-state index is -1.05. The number of aromatic nitrogens is 4. The van der Waals surface area contributed by atoms with Gasteiger partial charge in [-0.25, -0.2) is 14.5 Å². The highest BCUT2D eigenvalue weighted by Gasteiger charge is 2.22. The summed E-state index contributed by atoms with van der Waals surface area (Å²) in [5.74, 6) is -1.02. The summed E-state index contributed by atoms with van der Waals surface area (Å²) in [6, 6.07) is 7.90. The van der Waals surface area contributed by atoms with Crippen molar-refractivity contribution in [2.24, 2.45) is 0 Å². The molecule has 21 heavy (non-hydrogen) atoms. The second-order valence-electron chi connectivity index (χ2n) is 5.02. The van der Waals surface area contributed by atoms with Crippen molar-refractivity contribution >= 4 is 27.5 Å². The summed E-state index contributed by atoms with van der Waals surface area (Å²) in [4.78, 5) is 15.7. The zero-order chi connectivity index (χ0) is 15.0. The number of rotatable bonds is 4. The average molecular weight is 302 g/mol. The van der Waals surface area contributed by atoms with E-state index in [1.165, 1.54) is 0 Å². The molecule has 0 aliphatic rings. The number of hydrogen-bond acceptors (Lipinski definition) is 5. The fraction of sp³-hybridized carbons (Fsp3) is 0.286. The van der Waals surface area contributed by atoms with E-state index in [0.29, 0.717) is 12.2 Å². The molecule has 0 bridgehead atoms. The van der Waals surface area contributed by atoms with E-state index in [4.69, 9.17) is 0 Å². The normalized spacial score (nSPS) is 11.4. The van der Waals surface area contributed by atoms with Crippen molar-refractivity contribution in [3.63, 3.8) is 0 Å². The molecule has 0 radical (unpaired) electrons. The fourth-order valence-corrected chi connectivity index (χ4v) is 3.23. The number of fused-ring (bicyclic) bond motifs is 1. The molecule has 0 saturated heterocycles. The molecule has 0 aliphatic carbocycles. The minimum absolute atomic E-state index is 0.0195. The Hall–Kier alpha value is -2.28. The first kappa shape index (κ1) is 13.7. The minimum Gasteiger partial charge on any atom is -0.476 e. The second-order valence-corrected chi connectivity index (χ2v) is 6.13. The van der Waals surface area contributed by atoms with Gasteiger partial charge < -0.3 is 5.11 Å². The van der Waals surface area contributed by atoms with Gasteiger partial charge in [0.15, 0.2) is 5.69 Å². The van der Waals surface area contributed by atoms with Crippen LogP contribution in [0, 0.1) is 0 Å². The molecule has 0 aliphatic heterocycles. The topological polar surface area (TPSA) is 80.9 Å². The van der Waals surface area contributed by atoms with Crippen LogP contribution in [0.15, 0.2) is 24.3 Å². The van der Waals surface area contributed by atoms with Crippen molar-refractivity contribution in [3.8, 4) is 0 Å². The van der Waals surface area contributed by atoms with E-state index in [-0.39, 0.29) is 11.6 Å². The Kier molecular flexibility index (Phi) is 3.42. The van der Waals surface area contributed by atoms with Crippen molar-refractivity contribution in [1.29, 1.82) is 0 Å². The number of carboxylic acid groups (broad SMARTS) is 1. The molecular formula is C14H14N4O2S. The highest BCUT2D eigenvalue weighted by Crippen LogP contribution is 2.24. The van der Waals surface area contributed by atoms with Gasteiger partial charge in [-0.1, -0.05) is 31.2 Å². The van der Waals surface area contributed by atoms with Crippen LogP contribution in [0.3, 0.4) is 0 Å². The fourth-order valence-electron chi connectivity index (χ4n) is 2.28. The number of para-hydroxylation sites is 1. The third-order valence-corrected chi connectivity index (χ3v) is 4.17. The van der Waals surface area contributed by atoms with Gasteiger partial charge in [-0.3, -0.25) is 0 Å². The summed E-state index contributed by atoms with van der Waals surface area (Å²) in [6.45, 7) is 4.30. The van der Waals surface area contributed by atoms with Crippen molar-refractivity contribution in [2.75, 3.05) is 0 Å². The Balaban J connectivity index is 1.99. The zero-order valence-corrected chi connectivity index (χ0v) is 12.5. The largest absolute Gasteiger partial charge is 0.476 e. The zero-order valence-electron chi connectivity index (χ0n) is 11.6. The summed E-state index contributed by atoms with van der Waals surface area (Å²) >= 11 is 1.58. The maximum atomic E-state index is 11.2. The third kappa shape index (κ3) is 2.52. The van der Waals surface area contributed by atoms with Crippen molar-refractivity contribution in [1.82, 2.24) is 20.0 Å². The van der Waals surface area contributed by atoms with Crippen LogP contribution in [0.5, 0.6) is 0 Å². The molecule has 2 aromatic heterocycles. The predicted octanol–water partition coefficient (Wildman–Crippen LogP) is 2.76.